The second-order valence-corrected chi connectivity index (χ2v) is 7.26. The maximum atomic E-state index is 12.2. The van der Waals surface area contributed by atoms with Crippen LogP contribution >= 0.6 is 0 Å². The number of aryl methyl sites for hydroxylation is 1. The van der Waals surface area contributed by atoms with E-state index in [4.69, 9.17) is 9.84 Å². The lowest BCUT2D eigenvalue weighted by Gasteiger charge is -2.20. The zero-order valence-corrected chi connectivity index (χ0v) is 16.0. The first-order valence-corrected chi connectivity index (χ1v) is 8.62. The van der Waals surface area contributed by atoms with Gasteiger partial charge >= 0.3 is 6.09 Å². The zero-order chi connectivity index (χ0) is 20.2. The van der Waals surface area contributed by atoms with E-state index in [1.807, 2.05) is 19.1 Å². The monoisotopic (exact) mass is 375 g/mol. The molecule has 0 aliphatic carbocycles. The third kappa shape index (κ3) is 5.82. The number of carbonyl (C=O) groups excluding carboxylic acids is 3. The number of amides is 3. The van der Waals surface area contributed by atoms with E-state index < -0.39 is 23.5 Å². The molecule has 0 unspecified atom stereocenters. The summed E-state index contributed by atoms with van der Waals surface area (Å²) in [6.45, 7) is 7.17. The van der Waals surface area contributed by atoms with Crippen LogP contribution in [0.15, 0.2) is 30.0 Å². The van der Waals surface area contributed by atoms with Gasteiger partial charge in [-0.1, -0.05) is 6.07 Å². The number of benzene rings is 1. The largest absolute Gasteiger partial charge is 0.444 e. The van der Waals surface area contributed by atoms with Crippen molar-refractivity contribution in [2.45, 2.75) is 39.8 Å². The second kappa shape index (κ2) is 8.22. The number of rotatable bonds is 6. The van der Waals surface area contributed by atoms with E-state index in [2.05, 4.69) is 10.6 Å². The molecule has 3 N–H and O–H groups in total. The van der Waals surface area contributed by atoms with Gasteiger partial charge in [-0.05, 0) is 51.0 Å². The van der Waals surface area contributed by atoms with Crippen LogP contribution in [0, 0.1) is 6.92 Å². The van der Waals surface area contributed by atoms with Crippen LogP contribution in [0.25, 0.3) is 0 Å². The van der Waals surface area contributed by atoms with Crippen LogP contribution < -0.4 is 10.6 Å². The predicted molar refractivity (Wildman–Crippen MR) is 99.8 cm³/mol. The fourth-order valence-corrected chi connectivity index (χ4v) is 2.59. The topological polar surface area (TPSA) is 108 Å². The fraction of sp³-hybridized carbons (Fsp3) is 0.421. The Balaban J connectivity index is 2.05. The Kier molecular flexibility index (Phi) is 6.22. The van der Waals surface area contributed by atoms with Gasteiger partial charge < -0.3 is 20.5 Å². The summed E-state index contributed by atoms with van der Waals surface area (Å²) in [5.41, 5.74) is 1.92. The summed E-state index contributed by atoms with van der Waals surface area (Å²) in [6, 6.07) is 5.50. The summed E-state index contributed by atoms with van der Waals surface area (Å²) in [7, 11) is 0. The van der Waals surface area contributed by atoms with Gasteiger partial charge in [0.2, 0.25) is 0 Å². The molecule has 1 aromatic carbocycles. The Morgan fingerprint density at radius 2 is 1.93 bits per heavy atom. The molecule has 2 rings (SSSR count). The van der Waals surface area contributed by atoms with Crippen LogP contribution in [0.3, 0.4) is 0 Å². The standard InChI is InChI=1S/C19H25N3O5/c1-12-7-13(11-20-18(26)27-19(2,3)4)9-14(8-12)21-15-10-16(24)22(5-6-23)17(15)25/h7-10,21,23H,5-6,11H2,1-4H3,(H,20,26). The van der Waals surface area contributed by atoms with Crippen molar-refractivity contribution in [3.8, 4) is 0 Å². The maximum Gasteiger partial charge on any atom is 0.407 e. The normalized spacial score (nSPS) is 14.3. The Bertz CT molecular complexity index is 780. The lowest BCUT2D eigenvalue weighted by atomic mass is 10.1. The number of nitrogens with one attached hydrogen (secondary N) is 2. The van der Waals surface area contributed by atoms with Crippen LogP contribution in [0.5, 0.6) is 0 Å². The predicted octanol–water partition coefficient (Wildman–Crippen LogP) is 1.68. The van der Waals surface area contributed by atoms with Gasteiger partial charge in [0.1, 0.15) is 11.3 Å². The number of β-amino-alcohol motifs (C(OH)–C–C–N with tert-alkyl or cyclic N) is 1. The Labute approximate surface area is 158 Å². The first kappa shape index (κ1) is 20.4. The molecule has 8 nitrogen and oxygen atoms in total. The molecule has 0 fully saturated rings. The van der Waals surface area contributed by atoms with Crippen molar-refractivity contribution in [1.29, 1.82) is 0 Å². The Hall–Kier alpha value is -2.87. The van der Waals surface area contributed by atoms with Crippen LogP contribution in [-0.4, -0.2) is 46.7 Å². The van der Waals surface area contributed by atoms with Gasteiger partial charge in [-0.2, -0.15) is 0 Å². The molecule has 146 valence electrons. The molecule has 8 heteroatoms. The van der Waals surface area contributed by atoms with Crippen molar-refractivity contribution in [2.75, 3.05) is 18.5 Å². The summed E-state index contributed by atoms with van der Waals surface area (Å²) in [5.74, 6) is -0.944. The highest BCUT2D eigenvalue weighted by Crippen LogP contribution is 2.20. The lowest BCUT2D eigenvalue weighted by Crippen LogP contribution is -2.34. The van der Waals surface area contributed by atoms with Crippen LogP contribution in [0.1, 0.15) is 31.9 Å². The molecular formula is C19H25N3O5. The van der Waals surface area contributed by atoms with Gasteiger partial charge in [0, 0.05) is 18.3 Å². The number of nitrogens with zero attached hydrogens (tertiary/aromatic N) is 1. The fourth-order valence-electron chi connectivity index (χ4n) is 2.59. The molecule has 1 heterocycles. The Morgan fingerprint density at radius 1 is 1.22 bits per heavy atom. The summed E-state index contributed by atoms with van der Waals surface area (Å²) < 4.78 is 5.21. The van der Waals surface area contributed by atoms with Crippen molar-refractivity contribution in [3.05, 3.63) is 41.1 Å². The van der Waals surface area contributed by atoms with E-state index in [9.17, 15) is 14.4 Å². The number of imide groups is 1. The van der Waals surface area contributed by atoms with E-state index in [-0.39, 0.29) is 25.4 Å². The molecular weight excluding hydrogens is 350 g/mol. The molecule has 1 aromatic rings. The van der Waals surface area contributed by atoms with Crippen LogP contribution in [0.4, 0.5) is 10.5 Å². The molecule has 1 aliphatic heterocycles. The number of anilines is 1. The third-order valence-electron chi connectivity index (χ3n) is 3.58. The van der Waals surface area contributed by atoms with Crippen molar-refractivity contribution in [3.63, 3.8) is 0 Å². The summed E-state index contributed by atoms with van der Waals surface area (Å²) in [4.78, 5) is 36.8. The molecule has 27 heavy (non-hydrogen) atoms. The minimum Gasteiger partial charge on any atom is -0.444 e. The number of aliphatic hydroxyl groups excluding tert-OH is 1. The summed E-state index contributed by atoms with van der Waals surface area (Å²) in [5, 5.41) is 14.6. The van der Waals surface area contributed by atoms with Crippen molar-refractivity contribution in [1.82, 2.24) is 10.2 Å². The first-order chi connectivity index (χ1) is 12.6. The number of ether oxygens (including phenoxy) is 1. The van der Waals surface area contributed by atoms with Crippen LogP contribution in [0.2, 0.25) is 0 Å². The molecule has 0 bridgehead atoms. The third-order valence-corrected chi connectivity index (χ3v) is 3.58. The molecule has 1 aliphatic rings. The minimum absolute atomic E-state index is 0.0434. The van der Waals surface area contributed by atoms with Crippen molar-refractivity contribution in [2.24, 2.45) is 0 Å². The van der Waals surface area contributed by atoms with Gasteiger partial charge in [-0.15, -0.1) is 0 Å². The van der Waals surface area contributed by atoms with Gasteiger partial charge in [-0.25, -0.2) is 4.79 Å². The average molecular weight is 375 g/mol. The zero-order valence-electron chi connectivity index (χ0n) is 16.0. The van der Waals surface area contributed by atoms with Crippen molar-refractivity contribution < 1.29 is 24.2 Å². The van der Waals surface area contributed by atoms with Gasteiger partial charge in [0.05, 0.1) is 13.2 Å². The number of carbonyl (C=O) groups is 3. The highest BCUT2D eigenvalue weighted by atomic mass is 16.6. The molecule has 3 amide bonds. The number of hydrogen-bond donors (Lipinski definition) is 3. The number of aliphatic hydroxyl groups is 1. The molecule has 0 saturated carbocycles. The van der Waals surface area contributed by atoms with E-state index in [0.717, 1.165) is 16.0 Å². The van der Waals surface area contributed by atoms with Gasteiger partial charge in [0.25, 0.3) is 11.8 Å². The smallest absolute Gasteiger partial charge is 0.407 e. The molecule has 0 saturated heterocycles. The van der Waals surface area contributed by atoms with Gasteiger partial charge in [-0.3, -0.25) is 14.5 Å². The Morgan fingerprint density at radius 3 is 2.56 bits per heavy atom. The average Bonchev–Trinajstić information content (AvgIpc) is 2.79. The number of alkyl carbamates (subject to hydrolysis) is 1. The number of hydrogen-bond acceptors (Lipinski definition) is 6. The van der Waals surface area contributed by atoms with E-state index in [1.54, 1.807) is 26.8 Å². The maximum absolute atomic E-state index is 12.2. The van der Waals surface area contributed by atoms with E-state index in [1.165, 1.54) is 6.08 Å². The molecule has 0 atom stereocenters. The van der Waals surface area contributed by atoms with E-state index >= 15 is 0 Å². The first-order valence-electron chi connectivity index (χ1n) is 8.62. The highest BCUT2D eigenvalue weighted by molar-refractivity contribution is 6.17. The van der Waals surface area contributed by atoms with Crippen LogP contribution in [-0.2, 0) is 20.9 Å². The highest BCUT2D eigenvalue weighted by Gasteiger charge is 2.30. The quantitative estimate of drug-likeness (QED) is 0.653. The van der Waals surface area contributed by atoms with Gasteiger partial charge in [0.15, 0.2) is 0 Å². The molecule has 0 radical (unpaired) electrons. The van der Waals surface area contributed by atoms with Crippen molar-refractivity contribution >= 4 is 23.6 Å². The molecule has 0 spiro atoms. The summed E-state index contributed by atoms with van der Waals surface area (Å²) >= 11 is 0. The SMILES string of the molecule is Cc1cc(CNC(=O)OC(C)(C)C)cc(NC2=CC(=O)N(CCO)C2=O)c1. The lowest BCUT2D eigenvalue weighted by molar-refractivity contribution is -0.137. The molecule has 0 aromatic heterocycles. The second-order valence-electron chi connectivity index (χ2n) is 7.26. The van der Waals surface area contributed by atoms with E-state index in [0.29, 0.717) is 5.69 Å². The minimum atomic E-state index is -0.578. The summed E-state index contributed by atoms with van der Waals surface area (Å²) in [6.07, 6.45) is 0.691.